The first-order chi connectivity index (χ1) is 13.2. The molecule has 0 spiro atoms. The summed E-state index contributed by atoms with van der Waals surface area (Å²) in [6, 6.07) is 13.0. The number of para-hydroxylation sites is 1. The molecule has 1 aromatic heterocycles. The lowest BCUT2D eigenvalue weighted by molar-refractivity contribution is 0.301. The van der Waals surface area contributed by atoms with Gasteiger partial charge in [0.1, 0.15) is 5.75 Å². The van der Waals surface area contributed by atoms with E-state index in [4.69, 9.17) is 4.74 Å². The van der Waals surface area contributed by atoms with Crippen LogP contribution in [0.4, 0.5) is 0 Å². The molecule has 0 aliphatic heterocycles. The molecule has 6 nitrogen and oxygen atoms in total. The maximum atomic E-state index is 12.9. The van der Waals surface area contributed by atoms with Crippen LogP contribution < -0.4 is 9.46 Å². The van der Waals surface area contributed by atoms with Crippen molar-refractivity contribution in [2.24, 2.45) is 7.05 Å². The number of rotatable bonds is 7. The third-order valence-corrected chi connectivity index (χ3v) is 6.63. The number of sulfonamides is 1. The molecule has 1 unspecified atom stereocenters. The molecule has 0 aliphatic rings. The van der Waals surface area contributed by atoms with Crippen molar-refractivity contribution in [3.63, 3.8) is 0 Å². The smallest absolute Gasteiger partial charge is 0.240 e. The van der Waals surface area contributed by atoms with Gasteiger partial charge in [0.05, 0.1) is 12.0 Å². The van der Waals surface area contributed by atoms with Crippen LogP contribution in [0.5, 0.6) is 5.75 Å². The number of benzene rings is 2. The first kappa shape index (κ1) is 20.4. The van der Waals surface area contributed by atoms with E-state index in [9.17, 15) is 8.42 Å². The number of likely N-dealkylation sites (N-methyl/N-ethyl adjacent to an activating group) is 1. The number of ether oxygens (including phenoxy) is 1. The Labute approximate surface area is 166 Å². The Morgan fingerprint density at radius 2 is 1.89 bits per heavy atom. The van der Waals surface area contributed by atoms with E-state index in [0.29, 0.717) is 11.3 Å². The highest BCUT2D eigenvalue weighted by atomic mass is 32.2. The number of aromatic nitrogens is 1. The fourth-order valence-corrected chi connectivity index (χ4v) is 4.79. The molecule has 0 saturated heterocycles. The highest BCUT2D eigenvalue weighted by Gasteiger charge is 2.23. The normalized spacial score (nSPS) is 13.2. The number of fused-ring (bicyclic) bond motifs is 1. The topological polar surface area (TPSA) is 63.6 Å². The third kappa shape index (κ3) is 3.92. The van der Waals surface area contributed by atoms with Crippen LogP contribution >= 0.6 is 0 Å². The van der Waals surface area contributed by atoms with Crippen LogP contribution in [0.15, 0.2) is 53.6 Å². The fourth-order valence-electron chi connectivity index (χ4n) is 3.53. The summed E-state index contributed by atoms with van der Waals surface area (Å²) in [5.41, 5.74) is 2.87. The average Bonchev–Trinajstić information content (AvgIpc) is 2.98. The van der Waals surface area contributed by atoms with Crippen molar-refractivity contribution in [1.82, 2.24) is 14.2 Å². The van der Waals surface area contributed by atoms with E-state index in [1.165, 1.54) is 0 Å². The van der Waals surface area contributed by atoms with Gasteiger partial charge < -0.3 is 14.2 Å². The summed E-state index contributed by atoms with van der Waals surface area (Å²) in [5, 5.41) is 1.13. The van der Waals surface area contributed by atoms with Crippen molar-refractivity contribution in [3.8, 4) is 5.75 Å². The number of nitrogens with zero attached hydrogens (tertiary/aromatic N) is 2. The molecular weight excluding hydrogens is 374 g/mol. The third-order valence-electron chi connectivity index (χ3n) is 5.05. The van der Waals surface area contributed by atoms with E-state index in [1.54, 1.807) is 32.2 Å². The van der Waals surface area contributed by atoms with Gasteiger partial charge in [0.2, 0.25) is 10.0 Å². The lowest BCUT2D eigenvalue weighted by Gasteiger charge is -2.24. The van der Waals surface area contributed by atoms with E-state index in [-0.39, 0.29) is 17.5 Å². The summed E-state index contributed by atoms with van der Waals surface area (Å²) in [5.74, 6) is 0.637. The van der Waals surface area contributed by atoms with Gasteiger partial charge in [-0.3, -0.25) is 0 Å². The molecule has 7 heteroatoms. The predicted octanol–water partition coefficient (Wildman–Crippen LogP) is 3.08. The maximum absolute atomic E-state index is 12.9. The molecule has 28 heavy (non-hydrogen) atoms. The van der Waals surface area contributed by atoms with Gasteiger partial charge in [0.25, 0.3) is 0 Å². The van der Waals surface area contributed by atoms with Crippen LogP contribution in [0.1, 0.15) is 17.2 Å². The standard InChI is InChI=1S/C21H27N3O3S/c1-15-12-16(27-5)10-11-21(15)28(25,26)22-13-20(23(2)3)18-14-24(4)19-9-7-6-8-17(18)19/h6-12,14,20,22H,13H2,1-5H3. The molecule has 150 valence electrons. The quantitative estimate of drug-likeness (QED) is 0.661. The Kier molecular flexibility index (Phi) is 5.79. The van der Waals surface area contributed by atoms with Crippen LogP contribution in [0, 0.1) is 6.92 Å². The number of hydrogen-bond acceptors (Lipinski definition) is 4. The molecule has 0 radical (unpaired) electrons. The van der Waals surface area contributed by atoms with Gasteiger partial charge in [-0.05, 0) is 56.4 Å². The maximum Gasteiger partial charge on any atom is 0.240 e. The second kappa shape index (κ2) is 7.95. The molecular formula is C21H27N3O3S. The van der Waals surface area contributed by atoms with Crippen LogP contribution in [-0.4, -0.2) is 45.6 Å². The molecule has 1 N–H and O–H groups in total. The van der Waals surface area contributed by atoms with Gasteiger partial charge in [-0.25, -0.2) is 13.1 Å². The highest BCUT2D eigenvalue weighted by molar-refractivity contribution is 7.89. The Balaban J connectivity index is 1.89. The molecule has 2 aromatic carbocycles. The average molecular weight is 402 g/mol. The Morgan fingerprint density at radius 1 is 1.18 bits per heavy atom. The largest absolute Gasteiger partial charge is 0.497 e. The van der Waals surface area contributed by atoms with Crippen LogP contribution in [0.25, 0.3) is 10.9 Å². The minimum absolute atomic E-state index is 0.0978. The SMILES string of the molecule is COc1ccc(S(=O)(=O)NCC(c2cn(C)c3ccccc23)N(C)C)c(C)c1. The van der Waals surface area contributed by atoms with Gasteiger partial charge in [-0.15, -0.1) is 0 Å². The monoisotopic (exact) mass is 401 g/mol. The lowest BCUT2D eigenvalue weighted by atomic mass is 10.1. The number of hydrogen-bond donors (Lipinski definition) is 1. The summed E-state index contributed by atoms with van der Waals surface area (Å²) in [6.07, 6.45) is 2.07. The fraction of sp³-hybridized carbons (Fsp3) is 0.333. The molecule has 0 aliphatic carbocycles. The zero-order valence-electron chi connectivity index (χ0n) is 16.9. The van der Waals surface area contributed by atoms with Crippen molar-refractivity contribution in [2.75, 3.05) is 27.7 Å². The molecule has 1 atom stereocenters. The van der Waals surface area contributed by atoms with Crippen LogP contribution in [-0.2, 0) is 17.1 Å². The Bertz CT molecular complexity index is 1090. The number of aryl methyl sites for hydroxylation is 2. The zero-order valence-corrected chi connectivity index (χ0v) is 17.7. The van der Waals surface area contributed by atoms with Crippen molar-refractivity contribution in [2.45, 2.75) is 17.9 Å². The van der Waals surface area contributed by atoms with Crippen LogP contribution in [0.2, 0.25) is 0 Å². The Hall–Kier alpha value is -2.35. The van der Waals surface area contributed by atoms with E-state index in [0.717, 1.165) is 16.5 Å². The zero-order chi connectivity index (χ0) is 20.5. The Morgan fingerprint density at radius 3 is 2.54 bits per heavy atom. The first-order valence-electron chi connectivity index (χ1n) is 9.09. The molecule has 3 rings (SSSR count). The summed E-state index contributed by atoms with van der Waals surface area (Å²) < 4.78 is 35.8. The highest BCUT2D eigenvalue weighted by Crippen LogP contribution is 2.29. The summed E-state index contributed by atoms with van der Waals surface area (Å²) >= 11 is 0. The molecule has 1 heterocycles. The minimum Gasteiger partial charge on any atom is -0.497 e. The molecule has 0 fully saturated rings. The number of methoxy groups -OCH3 is 1. The molecule has 0 amide bonds. The van der Waals surface area contributed by atoms with Gasteiger partial charge in [0, 0.05) is 36.7 Å². The summed E-state index contributed by atoms with van der Waals surface area (Å²) in [7, 11) is 3.84. The van der Waals surface area contributed by atoms with Gasteiger partial charge in [0.15, 0.2) is 0 Å². The van der Waals surface area contributed by atoms with Crippen molar-refractivity contribution < 1.29 is 13.2 Å². The molecule has 0 saturated carbocycles. The van der Waals surface area contributed by atoms with Gasteiger partial charge in [-0.1, -0.05) is 18.2 Å². The molecule has 3 aromatic rings. The summed E-state index contributed by atoms with van der Waals surface area (Å²) in [4.78, 5) is 2.30. The summed E-state index contributed by atoms with van der Waals surface area (Å²) in [6.45, 7) is 2.04. The van der Waals surface area contributed by atoms with Crippen molar-refractivity contribution in [3.05, 3.63) is 59.8 Å². The van der Waals surface area contributed by atoms with E-state index < -0.39 is 10.0 Å². The van der Waals surface area contributed by atoms with Gasteiger partial charge in [-0.2, -0.15) is 0 Å². The lowest BCUT2D eigenvalue weighted by Crippen LogP contribution is -2.34. The second-order valence-electron chi connectivity index (χ2n) is 7.18. The second-order valence-corrected chi connectivity index (χ2v) is 8.91. The minimum atomic E-state index is -3.64. The van der Waals surface area contributed by atoms with E-state index in [2.05, 4.69) is 27.6 Å². The van der Waals surface area contributed by atoms with Crippen LogP contribution in [0.3, 0.4) is 0 Å². The van der Waals surface area contributed by atoms with E-state index in [1.807, 2.05) is 38.2 Å². The number of nitrogens with one attached hydrogen (secondary N) is 1. The van der Waals surface area contributed by atoms with Crippen molar-refractivity contribution >= 4 is 20.9 Å². The van der Waals surface area contributed by atoms with Crippen molar-refractivity contribution in [1.29, 1.82) is 0 Å². The van der Waals surface area contributed by atoms with E-state index >= 15 is 0 Å². The predicted molar refractivity (Wildman–Crippen MR) is 112 cm³/mol. The van der Waals surface area contributed by atoms with Gasteiger partial charge >= 0.3 is 0 Å². The molecule has 0 bridgehead atoms. The first-order valence-corrected chi connectivity index (χ1v) is 10.6.